The summed E-state index contributed by atoms with van der Waals surface area (Å²) in [7, 11) is 0. The van der Waals surface area contributed by atoms with Crippen LogP contribution in [0.15, 0.2) is 42.9 Å². The van der Waals surface area contributed by atoms with Crippen LogP contribution in [-0.4, -0.2) is 44.2 Å². The molecule has 2 aromatic heterocycles. The van der Waals surface area contributed by atoms with E-state index in [4.69, 9.17) is 0 Å². The lowest BCUT2D eigenvalue weighted by atomic mass is 9.95. The monoisotopic (exact) mass is 553 g/mol. The Labute approximate surface area is 207 Å². The number of pyridine rings is 1. The highest BCUT2D eigenvalue weighted by Crippen LogP contribution is 2.37. The maximum absolute atomic E-state index is 13.1. The number of rotatable bonds is 7. The molecule has 0 fully saturated rings. The van der Waals surface area contributed by atoms with Crippen LogP contribution < -0.4 is 5.32 Å². The van der Waals surface area contributed by atoms with E-state index in [9.17, 15) is 49.1 Å². The van der Waals surface area contributed by atoms with Gasteiger partial charge in [-0.1, -0.05) is 6.92 Å². The predicted molar refractivity (Wildman–Crippen MR) is 111 cm³/mol. The van der Waals surface area contributed by atoms with Crippen molar-refractivity contribution in [2.45, 2.75) is 37.8 Å². The van der Waals surface area contributed by atoms with E-state index in [-0.39, 0.29) is 23.3 Å². The normalized spacial score (nSPS) is 13.3. The molecular weight excluding hydrogens is 537 g/mol. The van der Waals surface area contributed by atoms with Crippen molar-refractivity contribution in [1.82, 2.24) is 25.1 Å². The van der Waals surface area contributed by atoms with Crippen LogP contribution >= 0.6 is 0 Å². The van der Waals surface area contributed by atoms with E-state index in [1.54, 1.807) is 5.32 Å². The third kappa shape index (κ3) is 7.07. The second-order valence-electron chi connectivity index (χ2n) is 8.05. The van der Waals surface area contributed by atoms with Gasteiger partial charge in [0.05, 0.1) is 11.1 Å². The smallest absolute Gasteiger partial charge is 0.343 e. The highest BCUT2D eigenvalue weighted by atomic mass is 19.4. The number of Topliss-reactive ketones (excluding diaryl/α,β-unsaturated/α-hetero) is 1. The maximum atomic E-state index is 13.1. The molecule has 16 heteroatoms. The van der Waals surface area contributed by atoms with Gasteiger partial charge < -0.3 is 5.32 Å². The van der Waals surface area contributed by atoms with Gasteiger partial charge in [0.1, 0.15) is 18.7 Å². The highest BCUT2D eigenvalue weighted by molar-refractivity contribution is 5.97. The van der Waals surface area contributed by atoms with Crippen molar-refractivity contribution >= 4 is 11.7 Å². The quantitative estimate of drug-likeness (QED) is 0.314. The number of hydrogen-bond acceptors (Lipinski definition) is 5. The summed E-state index contributed by atoms with van der Waals surface area (Å²) in [5, 5.41) is 5.57. The molecule has 0 aliphatic rings. The third-order valence-corrected chi connectivity index (χ3v) is 5.09. The maximum Gasteiger partial charge on any atom is 0.416 e. The molecule has 0 saturated carbocycles. The van der Waals surface area contributed by atoms with Gasteiger partial charge in [-0.3, -0.25) is 9.59 Å². The van der Waals surface area contributed by atoms with Gasteiger partial charge in [0.2, 0.25) is 0 Å². The number of nitrogens with zero attached hydrogens (tertiary/aromatic N) is 4. The summed E-state index contributed by atoms with van der Waals surface area (Å²) in [5.41, 5.74) is -4.31. The molecule has 1 atom stereocenters. The molecule has 0 bridgehead atoms. The largest absolute Gasteiger partial charge is 0.416 e. The number of halogens is 9. The fourth-order valence-electron chi connectivity index (χ4n) is 3.32. The Kier molecular flexibility index (Phi) is 7.83. The average Bonchev–Trinajstić information content (AvgIpc) is 3.31. The number of aromatic nitrogens is 4. The van der Waals surface area contributed by atoms with Crippen LogP contribution in [0, 0.1) is 0 Å². The Morgan fingerprint density at radius 3 is 2.05 bits per heavy atom. The van der Waals surface area contributed by atoms with Crippen molar-refractivity contribution in [2.24, 2.45) is 0 Å². The molecule has 3 rings (SSSR count). The van der Waals surface area contributed by atoms with E-state index >= 15 is 0 Å². The molecule has 38 heavy (non-hydrogen) atoms. The first kappa shape index (κ1) is 28.6. The molecule has 2 heterocycles. The Hall–Kier alpha value is -3.98. The molecule has 1 amide bonds. The number of carbonyl (C=O) groups is 2. The van der Waals surface area contributed by atoms with Crippen LogP contribution in [-0.2, 0) is 12.4 Å². The lowest BCUT2D eigenvalue weighted by molar-refractivity contribution is -0.143. The molecule has 0 saturated heterocycles. The van der Waals surface area contributed by atoms with E-state index in [1.165, 1.54) is 6.92 Å². The van der Waals surface area contributed by atoms with Gasteiger partial charge in [0.15, 0.2) is 11.6 Å². The van der Waals surface area contributed by atoms with Gasteiger partial charge in [-0.2, -0.15) is 49.3 Å². The van der Waals surface area contributed by atoms with Crippen molar-refractivity contribution in [2.75, 3.05) is 6.54 Å². The fourth-order valence-corrected chi connectivity index (χ4v) is 3.32. The van der Waals surface area contributed by atoms with E-state index in [0.29, 0.717) is 12.1 Å². The zero-order chi connectivity index (χ0) is 28.5. The summed E-state index contributed by atoms with van der Waals surface area (Å²) in [6.07, 6.45) is -13.4. The summed E-state index contributed by atoms with van der Waals surface area (Å²) in [6.45, 7) is -0.181. The van der Waals surface area contributed by atoms with E-state index < -0.39 is 65.8 Å². The van der Waals surface area contributed by atoms with Gasteiger partial charge in [-0.05, 0) is 30.3 Å². The van der Waals surface area contributed by atoms with Crippen molar-refractivity contribution in [1.29, 1.82) is 0 Å². The molecule has 1 N–H and O–H groups in total. The number of carbonyl (C=O) groups excluding carboxylic acids is 2. The van der Waals surface area contributed by atoms with E-state index in [1.807, 2.05) is 0 Å². The molecule has 0 radical (unpaired) electrons. The number of nitrogens with one attached hydrogen (secondary N) is 1. The van der Waals surface area contributed by atoms with Crippen LogP contribution in [0.3, 0.4) is 0 Å². The van der Waals surface area contributed by atoms with Gasteiger partial charge >= 0.3 is 18.5 Å². The first-order valence-electron chi connectivity index (χ1n) is 10.5. The lowest BCUT2D eigenvalue weighted by Gasteiger charge is -2.15. The van der Waals surface area contributed by atoms with Gasteiger partial charge in [0, 0.05) is 29.7 Å². The third-order valence-electron chi connectivity index (χ3n) is 5.09. The molecule has 1 aromatic carbocycles. The standard InChI is InChI=1S/C22H16F9N5O2/c1-11(4-16(37)13-5-14(21(26,27)28)8-15(6-13)22(29,30)31)18-34-10-35-36(18)17-7-12(2-3-32-17)19(38)33-9-20(23,24)25/h2-3,5-8,10-11H,4,9H2,1H3,(H,33,38)/t11-/m1/s1. The second kappa shape index (κ2) is 10.4. The minimum absolute atomic E-state index is 0.00159. The molecule has 0 aliphatic heterocycles. The molecule has 7 nitrogen and oxygen atoms in total. The summed E-state index contributed by atoms with van der Waals surface area (Å²) >= 11 is 0. The molecule has 204 valence electrons. The van der Waals surface area contributed by atoms with Crippen molar-refractivity contribution in [3.05, 3.63) is 70.9 Å². The van der Waals surface area contributed by atoms with Gasteiger partial charge in [-0.25, -0.2) is 9.97 Å². The summed E-state index contributed by atoms with van der Waals surface area (Å²) in [6, 6.07) is 2.76. The second-order valence-corrected chi connectivity index (χ2v) is 8.05. The Balaban J connectivity index is 1.86. The SMILES string of the molecule is C[C@H](CC(=O)c1cc(C(F)(F)F)cc(C(F)(F)F)c1)c1ncnn1-c1cc(C(=O)NCC(F)(F)F)ccn1. The van der Waals surface area contributed by atoms with Crippen LogP contribution in [0.2, 0.25) is 0 Å². The summed E-state index contributed by atoms with van der Waals surface area (Å²) < 4.78 is 117. The van der Waals surface area contributed by atoms with Crippen molar-refractivity contribution in [3.8, 4) is 5.82 Å². The first-order valence-corrected chi connectivity index (χ1v) is 10.5. The zero-order valence-electron chi connectivity index (χ0n) is 19.0. The van der Waals surface area contributed by atoms with Gasteiger partial charge in [0.25, 0.3) is 5.91 Å². The van der Waals surface area contributed by atoms with Crippen LogP contribution in [0.5, 0.6) is 0 Å². The minimum atomic E-state index is -5.13. The van der Waals surface area contributed by atoms with Gasteiger partial charge in [-0.15, -0.1) is 0 Å². The fraction of sp³-hybridized carbons (Fsp3) is 0.318. The van der Waals surface area contributed by atoms with E-state index in [0.717, 1.165) is 29.3 Å². The topological polar surface area (TPSA) is 89.8 Å². The molecule has 3 aromatic rings. The van der Waals surface area contributed by atoms with Crippen LogP contribution in [0.4, 0.5) is 39.5 Å². The molecular formula is C22H16F9N5O2. The Bertz CT molecular complexity index is 1300. The summed E-state index contributed by atoms with van der Waals surface area (Å²) in [4.78, 5) is 32.6. The Morgan fingerprint density at radius 2 is 1.50 bits per heavy atom. The number of hydrogen-bond donors (Lipinski definition) is 1. The number of amides is 1. The molecule has 0 spiro atoms. The van der Waals surface area contributed by atoms with E-state index in [2.05, 4.69) is 15.1 Å². The van der Waals surface area contributed by atoms with Crippen LogP contribution in [0.1, 0.15) is 56.9 Å². The zero-order valence-corrected chi connectivity index (χ0v) is 19.0. The molecule has 0 aliphatic carbocycles. The molecule has 0 unspecified atom stereocenters. The summed E-state index contributed by atoms with van der Waals surface area (Å²) in [5.74, 6) is -3.12. The lowest BCUT2D eigenvalue weighted by Crippen LogP contribution is -2.33. The number of benzene rings is 1. The van der Waals surface area contributed by atoms with Crippen molar-refractivity contribution in [3.63, 3.8) is 0 Å². The Morgan fingerprint density at radius 1 is 0.895 bits per heavy atom. The first-order chi connectivity index (χ1) is 17.5. The minimum Gasteiger partial charge on any atom is -0.343 e. The average molecular weight is 553 g/mol. The predicted octanol–water partition coefficient (Wildman–Crippen LogP) is 5.37. The van der Waals surface area contributed by atoms with Crippen molar-refractivity contribution < 1.29 is 49.1 Å². The number of alkyl halides is 9. The highest BCUT2D eigenvalue weighted by Gasteiger charge is 2.37. The number of ketones is 1. The van der Waals surface area contributed by atoms with Crippen LogP contribution in [0.25, 0.3) is 5.82 Å².